The molecule has 0 saturated carbocycles. The number of rotatable bonds is 6. The summed E-state index contributed by atoms with van der Waals surface area (Å²) in [5, 5.41) is 3.27. The van der Waals surface area contributed by atoms with Crippen molar-refractivity contribution in [3.8, 4) is 0 Å². The Morgan fingerprint density at radius 3 is 2.91 bits per heavy atom. The maximum atomic E-state index is 10.5. The van der Waals surface area contributed by atoms with E-state index in [0.717, 1.165) is 0 Å². The van der Waals surface area contributed by atoms with Crippen LogP contribution in [0.3, 0.4) is 0 Å². The van der Waals surface area contributed by atoms with Crippen LogP contribution in [0.15, 0.2) is 5.11 Å². The highest BCUT2D eigenvalue weighted by molar-refractivity contribution is 7.90. The van der Waals surface area contributed by atoms with Crippen LogP contribution in [0.4, 0.5) is 0 Å². The molecule has 0 spiro atoms. The van der Waals surface area contributed by atoms with E-state index in [1.807, 2.05) is 0 Å². The number of hydrogen-bond donors (Lipinski definition) is 0. The fraction of sp³-hybridized carbons (Fsp3) is 1.00. The summed E-state index contributed by atoms with van der Waals surface area (Å²) in [7, 11) is 0. The fourth-order valence-electron chi connectivity index (χ4n) is 0.428. The van der Waals surface area contributed by atoms with Crippen molar-refractivity contribution >= 4 is 11.2 Å². The summed E-state index contributed by atoms with van der Waals surface area (Å²) < 4.78 is 15.5. The first-order valence-corrected chi connectivity index (χ1v) is 4.88. The van der Waals surface area contributed by atoms with Crippen LogP contribution in [-0.2, 0) is 15.9 Å². The van der Waals surface area contributed by atoms with E-state index in [9.17, 15) is 4.55 Å². The van der Waals surface area contributed by atoms with Crippen molar-refractivity contribution in [3.63, 3.8) is 0 Å². The van der Waals surface area contributed by atoms with Gasteiger partial charge in [0.15, 0.2) is 0 Å². The molecule has 11 heavy (non-hydrogen) atoms. The van der Waals surface area contributed by atoms with Crippen LogP contribution >= 0.6 is 0 Å². The smallest absolute Gasteiger partial charge is 0.128 e. The molecule has 0 fully saturated rings. The van der Waals surface area contributed by atoms with Crippen LogP contribution in [0.5, 0.6) is 0 Å². The Bertz CT molecular complexity index is 136. The highest BCUT2D eigenvalue weighted by Crippen LogP contribution is 1.84. The standard InChI is InChI=1S/C5H11N3O2S/c1-11(9)5-4-10-3-2-7-8-6/h2-5H2,1H3/t11-/m1/s1. The second-order valence-corrected chi connectivity index (χ2v) is 3.40. The first-order valence-electron chi connectivity index (χ1n) is 3.16. The van der Waals surface area contributed by atoms with Crippen LogP contribution in [0.1, 0.15) is 0 Å². The highest BCUT2D eigenvalue weighted by Gasteiger charge is 1.95. The Kier molecular flexibility index (Phi) is 7.39. The predicted molar refractivity (Wildman–Crippen MR) is 43.8 cm³/mol. The predicted octanol–water partition coefficient (Wildman–Crippen LogP) is 0.692. The molecule has 0 radical (unpaired) electrons. The molecule has 0 aromatic heterocycles. The molecule has 0 heterocycles. The average Bonchev–Trinajstić information content (AvgIpc) is 1.96. The van der Waals surface area contributed by atoms with Crippen LogP contribution < -0.4 is 0 Å². The van der Waals surface area contributed by atoms with Gasteiger partial charge in [0.05, 0.1) is 19.5 Å². The van der Waals surface area contributed by atoms with Gasteiger partial charge in [-0.05, 0) is 5.53 Å². The molecule has 0 aromatic carbocycles. The largest absolute Gasteiger partial charge is 0.616 e. The maximum absolute atomic E-state index is 10.5. The molecule has 0 aliphatic carbocycles. The molecule has 0 bridgehead atoms. The monoisotopic (exact) mass is 177 g/mol. The number of azide groups is 1. The van der Waals surface area contributed by atoms with Crippen molar-refractivity contribution in [3.05, 3.63) is 10.4 Å². The molecule has 0 N–H and O–H groups in total. The van der Waals surface area contributed by atoms with E-state index in [4.69, 9.17) is 10.3 Å². The Morgan fingerprint density at radius 1 is 1.64 bits per heavy atom. The van der Waals surface area contributed by atoms with Crippen LogP contribution in [0.25, 0.3) is 10.4 Å². The van der Waals surface area contributed by atoms with Crippen molar-refractivity contribution in [2.75, 3.05) is 31.8 Å². The van der Waals surface area contributed by atoms with Crippen molar-refractivity contribution in [1.29, 1.82) is 0 Å². The van der Waals surface area contributed by atoms with Crippen molar-refractivity contribution in [1.82, 2.24) is 0 Å². The molecule has 0 aliphatic heterocycles. The van der Waals surface area contributed by atoms with Gasteiger partial charge in [-0.2, -0.15) is 0 Å². The van der Waals surface area contributed by atoms with Gasteiger partial charge in [-0.1, -0.05) is 16.3 Å². The Hall–Kier alpha value is -0.420. The molecular weight excluding hydrogens is 166 g/mol. The second kappa shape index (κ2) is 7.68. The Morgan fingerprint density at radius 2 is 2.36 bits per heavy atom. The second-order valence-electron chi connectivity index (χ2n) is 1.84. The molecule has 0 unspecified atom stereocenters. The molecule has 5 nitrogen and oxygen atoms in total. The summed E-state index contributed by atoms with van der Waals surface area (Å²) in [5.41, 5.74) is 7.87. The van der Waals surface area contributed by atoms with E-state index < -0.39 is 11.2 Å². The topological polar surface area (TPSA) is 81.0 Å². The number of nitrogens with zero attached hydrogens (tertiary/aromatic N) is 3. The first kappa shape index (κ1) is 10.6. The molecule has 64 valence electrons. The summed E-state index contributed by atoms with van der Waals surface area (Å²) in [5.74, 6) is 0.538. The third kappa shape index (κ3) is 9.58. The molecule has 0 rings (SSSR count). The van der Waals surface area contributed by atoms with Gasteiger partial charge in [-0.3, -0.25) is 0 Å². The van der Waals surface area contributed by atoms with E-state index >= 15 is 0 Å². The van der Waals surface area contributed by atoms with Gasteiger partial charge in [-0.15, -0.1) is 0 Å². The Labute approximate surface area is 68.5 Å². The molecule has 0 amide bonds. The van der Waals surface area contributed by atoms with Gasteiger partial charge in [0, 0.05) is 11.5 Å². The third-order valence-electron chi connectivity index (χ3n) is 0.914. The van der Waals surface area contributed by atoms with E-state index in [1.165, 1.54) is 0 Å². The lowest BCUT2D eigenvalue weighted by Crippen LogP contribution is -2.11. The van der Waals surface area contributed by atoms with E-state index in [2.05, 4.69) is 10.0 Å². The molecule has 6 heteroatoms. The van der Waals surface area contributed by atoms with Gasteiger partial charge >= 0.3 is 0 Å². The average molecular weight is 177 g/mol. The zero-order valence-electron chi connectivity index (χ0n) is 6.39. The Balaban J connectivity index is 2.96. The summed E-state index contributed by atoms with van der Waals surface area (Å²) >= 11 is -0.801. The highest BCUT2D eigenvalue weighted by atomic mass is 32.2. The lowest BCUT2D eigenvalue weighted by Gasteiger charge is -2.04. The quantitative estimate of drug-likeness (QED) is 0.197. The van der Waals surface area contributed by atoms with Gasteiger partial charge in [0.2, 0.25) is 0 Å². The summed E-state index contributed by atoms with van der Waals surface area (Å²) in [6.07, 6.45) is 1.62. The minimum Gasteiger partial charge on any atom is -0.616 e. The SMILES string of the molecule is C[S@@+]([O-])CCOCCN=[N+]=[N-]. The summed E-state index contributed by atoms with van der Waals surface area (Å²) in [6.45, 7) is 1.21. The van der Waals surface area contributed by atoms with Crippen LogP contribution in [-0.4, -0.2) is 36.3 Å². The molecule has 0 saturated heterocycles. The fourth-order valence-corrected chi connectivity index (χ4v) is 0.781. The normalized spacial score (nSPS) is 12.2. The summed E-state index contributed by atoms with van der Waals surface area (Å²) in [4.78, 5) is 2.55. The van der Waals surface area contributed by atoms with Gasteiger partial charge in [-0.25, -0.2) is 0 Å². The number of ether oxygens (including phenoxy) is 1. The van der Waals surface area contributed by atoms with Gasteiger partial charge in [0.25, 0.3) is 0 Å². The zero-order chi connectivity index (χ0) is 8.53. The van der Waals surface area contributed by atoms with E-state index in [-0.39, 0.29) is 0 Å². The van der Waals surface area contributed by atoms with Crippen LogP contribution in [0.2, 0.25) is 0 Å². The molecule has 0 aromatic rings. The van der Waals surface area contributed by atoms with Crippen molar-refractivity contribution < 1.29 is 9.29 Å². The first-order chi connectivity index (χ1) is 5.27. The van der Waals surface area contributed by atoms with Crippen molar-refractivity contribution in [2.45, 2.75) is 0 Å². The lowest BCUT2D eigenvalue weighted by atomic mass is 10.7. The van der Waals surface area contributed by atoms with E-state index in [1.54, 1.807) is 6.26 Å². The molecule has 1 atom stereocenters. The number of hydrogen-bond acceptors (Lipinski definition) is 3. The summed E-state index contributed by atoms with van der Waals surface area (Å²) in [6, 6.07) is 0. The van der Waals surface area contributed by atoms with Gasteiger partial charge in [0.1, 0.15) is 5.75 Å². The zero-order valence-corrected chi connectivity index (χ0v) is 7.21. The third-order valence-corrected chi connectivity index (χ3v) is 1.66. The minimum absolute atomic E-state index is 0.340. The van der Waals surface area contributed by atoms with E-state index in [0.29, 0.717) is 25.5 Å². The van der Waals surface area contributed by atoms with Crippen molar-refractivity contribution in [2.24, 2.45) is 5.11 Å². The minimum atomic E-state index is -0.801. The molecule has 0 aliphatic rings. The molecular formula is C5H11N3O2S. The maximum Gasteiger partial charge on any atom is 0.128 e. The van der Waals surface area contributed by atoms with Crippen LogP contribution in [0, 0.1) is 0 Å². The van der Waals surface area contributed by atoms with Gasteiger partial charge < -0.3 is 9.29 Å². The lowest BCUT2D eigenvalue weighted by molar-refractivity contribution is 0.157.